The molecule has 0 spiro atoms. The van der Waals surface area contributed by atoms with Gasteiger partial charge >= 0.3 is 0 Å². The van der Waals surface area contributed by atoms with E-state index < -0.39 is 5.60 Å². The molecule has 3 rings (SSSR count). The number of fused-ring (bicyclic) bond motifs is 1. The lowest BCUT2D eigenvalue weighted by molar-refractivity contribution is -0.0539. The molecular weight excluding hydrogens is 278 g/mol. The summed E-state index contributed by atoms with van der Waals surface area (Å²) in [4.78, 5) is 10.5. The molecule has 2 atom stereocenters. The van der Waals surface area contributed by atoms with Crippen molar-refractivity contribution in [1.29, 1.82) is 0 Å². The van der Waals surface area contributed by atoms with E-state index in [1.807, 2.05) is 6.92 Å². The first-order chi connectivity index (χ1) is 9.49. The van der Waals surface area contributed by atoms with E-state index in [1.54, 1.807) is 0 Å². The molecule has 110 valence electrons. The van der Waals surface area contributed by atoms with Crippen LogP contribution in [0.4, 0.5) is 11.8 Å². The second kappa shape index (κ2) is 5.02. The minimum Gasteiger partial charge on any atom is -0.389 e. The first kappa shape index (κ1) is 13.9. The monoisotopic (exact) mass is 297 g/mol. The Morgan fingerprint density at radius 2 is 2.25 bits per heavy atom. The Morgan fingerprint density at radius 3 is 3.05 bits per heavy atom. The van der Waals surface area contributed by atoms with Crippen LogP contribution in [0.15, 0.2) is 0 Å². The van der Waals surface area contributed by atoms with E-state index >= 15 is 0 Å². The van der Waals surface area contributed by atoms with Gasteiger partial charge in [0.05, 0.1) is 11.3 Å². The molecule has 0 bridgehead atoms. The van der Waals surface area contributed by atoms with E-state index in [0.29, 0.717) is 16.5 Å². The van der Waals surface area contributed by atoms with Crippen LogP contribution in [-0.4, -0.2) is 46.9 Å². The number of nitrogens with two attached hydrogens (primary N) is 1. The van der Waals surface area contributed by atoms with Gasteiger partial charge in [-0.2, -0.15) is 4.98 Å². The molecule has 2 aliphatic heterocycles. The van der Waals surface area contributed by atoms with Gasteiger partial charge in [-0.05, 0) is 26.3 Å². The maximum absolute atomic E-state index is 10.7. The molecule has 0 aromatic carbocycles. The van der Waals surface area contributed by atoms with Crippen LogP contribution in [0.25, 0.3) is 0 Å². The number of aromatic nitrogens is 2. The highest BCUT2D eigenvalue weighted by atomic mass is 35.5. The van der Waals surface area contributed by atoms with E-state index in [9.17, 15) is 5.11 Å². The predicted molar refractivity (Wildman–Crippen MR) is 78.9 cm³/mol. The van der Waals surface area contributed by atoms with Gasteiger partial charge in [-0.1, -0.05) is 11.6 Å². The van der Waals surface area contributed by atoms with Crippen LogP contribution in [0.5, 0.6) is 0 Å². The van der Waals surface area contributed by atoms with Gasteiger partial charge in [-0.25, -0.2) is 4.98 Å². The fraction of sp³-hybridized carbons (Fsp3) is 0.692. The second-order valence-corrected chi connectivity index (χ2v) is 6.13. The van der Waals surface area contributed by atoms with E-state index in [4.69, 9.17) is 17.3 Å². The molecule has 2 saturated heterocycles. The van der Waals surface area contributed by atoms with Crippen LogP contribution in [0.3, 0.4) is 0 Å². The molecule has 7 heteroatoms. The lowest BCUT2D eigenvalue weighted by atomic mass is 9.76. The lowest BCUT2D eigenvalue weighted by Gasteiger charge is -2.48. The van der Waals surface area contributed by atoms with Gasteiger partial charge in [-0.3, -0.25) is 0 Å². The summed E-state index contributed by atoms with van der Waals surface area (Å²) in [5.41, 5.74) is 5.86. The Balaban J connectivity index is 1.86. The SMILES string of the molecule is Cc1nc(N)nc(N2CC[C@@]3(O)CCNC[C@H]3C2)c1Cl. The second-order valence-electron chi connectivity index (χ2n) is 5.76. The minimum absolute atomic E-state index is 0.192. The van der Waals surface area contributed by atoms with Gasteiger partial charge in [-0.15, -0.1) is 0 Å². The van der Waals surface area contributed by atoms with Crippen molar-refractivity contribution in [3.05, 3.63) is 10.7 Å². The van der Waals surface area contributed by atoms with Crippen molar-refractivity contribution in [3.8, 4) is 0 Å². The molecular formula is C13H20ClN5O. The number of aryl methyl sites for hydroxylation is 1. The van der Waals surface area contributed by atoms with Crippen molar-refractivity contribution in [1.82, 2.24) is 15.3 Å². The molecule has 0 saturated carbocycles. The van der Waals surface area contributed by atoms with Crippen molar-refractivity contribution >= 4 is 23.4 Å². The fourth-order valence-corrected chi connectivity index (χ4v) is 3.40. The normalized spacial score (nSPS) is 30.1. The van der Waals surface area contributed by atoms with Crippen molar-refractivity contribution < 1.29 is 5.11 Å². The lowest BCUT2D eigenvalue weighted by Crippen LogP contribution is -2.59. The number of piperidine rings is 2. The average Bonchev–Trinajstić information content (AvgIpc) is 2.42. The summed E-state index contributed by atoms with van der Waals surface area (Å²) in [7, 11) is 0. The summed E-state index contributed by atoms with van der Waals surface area (Å²) in [6.07, 6.45) is 1.54. The molecule has 2 fully saturated rings. The van der Waals surface area contributed by atoms with Crippen molar-refractivity contribution in [2.75, 3.05) is 36.8 Å². The number of anilines is 2. The number of hydrogen-bond acceptors (Lipinski definition) is 6. The average molecular weight is 298 g/mol. The summed E-state index contributed by atoms with van der Waals surface area (Å²) >= 11 is 6.31. The molecule has 6 nitrogen and oxygen atoms in total. The molecule has 1 aromatic heterocycles. The number of halogens is 1. The van der Waals surface area contributed by atoms with Crippen molar-refractivity contribution in [3.63, 3.8) is 0 Å². The number of nitrogens with zero attached hydrogens (tertiary/aromatic N) is 3. The van der Waals surface area contributed by atoms with Gasteiger partial charge < -0.3 is 21.1 Å². The summed E-state index contributed by atoms with van der Waals surface area (Å²) < 4.78 is 0. The molecule has 0 radical (unpaired) electrons. The number of nitrogens with one attached hydrogen (secondary N) is 1. The summed E-state index contributed by atoms with van der Waals surface area (Å²) in [5.74, 6) is 1.12. The molecule has 4 N–H and O–H groups in total. The van der Waals surface area contributed by atoms with E-state index in [2.05, 4.69) is 20.2 Å². The summed E-state index contributed by atoms with van der Waals surface area (Å²) in [6.45, 7) is 5.01. The quantitative estimate of drug-likeness (QED) is 0.702. The molecule has 2 aliphatic rings. The molecule has 0 unspecified atom stereocenters. The van der Waals surface area contributed by atoms with Crippen molar-refractivity contribution in [2.24, 2.45) is 5.92 Å². The minimum atomic E-state index is -0.554. The maximum Gasteiger partial charge on any atom is 0.222 e. The zero-order chi connectivity index (χ0) is 14.3. The number of rotatable bonds is 1. The van der Waals surface area contributed by atoms with Crippen LogP contribution in [0.2, 0.25) is 5.02 Å². The number of hydrogen-bond donors (Lipinski definition) is 3. The van der Waals surface area contributed by atoms with Gasteiger partial charge in [0.1, 0.15) is 5.02 Å². The summed E-state index contributed by atoms with van der Waals surface area (Å²) in [5, 5.41) is 14.6. The fourth-order valence-electron chi connectivity index (χ4n) is 3.19. The van der Waals surface area contributed by atoms with Crippen LogP contribution in [0, 0.1) is 12.8 Å². The number of nitrogen functional groups attached to an aromatic ring is 1. The van der Waals surface area contributed by atoms with Gasteiger partial charge in [0.25, 0.3) is 0 Å². The molecule has 3 heterocycles. The Hall–Kier alpha value is -1.11. The Morgan fingerprint density at radius 1 is 1.45 bits per heavy atom. The highest BCUT2D eigenvalue weighted by Gasteiger charge is 2.43. The Bertz CT molecular complexity index is 526. The van der Waals surface area contributed by atoms with Crippen LogP contribution in [0.1, 0.15) is 18.5 Å². The highest BCUT2D eigenvalue weighted by Crippen LogP contribution is 2.36. The Kier molecular flexibility index (Phi) is 3.48. The van der Waals surface area contributed by atoms with Crippen molar-refractivity contribution in [2.45, 2.75) is 25.4 Å². The third kappa shape index (κ3) is 2.32. The van der Waals surface area contributed by atoms with E-state index in [0.717, 1.165) is 39.0 Å². The molecule has 1 aromatic rings. The summed E-state index contributed by atoms with van der Waals surface area (Å²) in [6, 6.07) is 0. The van der Waals surface area contributed by atoms with Crippen LogP contribution in [-0.2, 0) is 0 Å². The Labute approximate surface area is 123 Å². The van der Waals surface area contributed by atoms with Gasteiger partial charge in [0.2, 0.25) is 5.95 Å². The highest BCUT2D eigenvalue weighted by molar-refractivity contribution is 6.33. The zero-order valence-electron chi connectivity index (χ0n) is 11.6. The standard InChI is InChI=1S/C13H20ClN5O/c1-8-10(14)11(18-12(15)17-8)19-5-3-13(20)2-4-16-6-9(13)7-19/h9,16,20H,2-7H2,1H3,(H2,15,17,18)/t9-,13-/m0/s1. The number of aliphatic hydroxyl groups is 1. The largest absolute Gasteiger partial charge is 0.389 e. The first-order valence-corrected chi connectivity index (χ1v) is 7.35. The van der Waals surface area contributed by atoms with Gasteiger partial charge in [0, 0.05) is 25.6 Å². The molecule has 0 amide bonds. The molecule has 20 heavy (non-hydrogen) atoms. The third-order valence-corrected chi connectivity index (χ3v) is 4.90. The topological polar surface area (TPSA) is 87.3 Å². The maximum atomic E-state index is 10.7. The molecule has 0 aliphatic carbocycles. The smallest absolute Gasteiger partial charge is 0.222 e. The zero-order valence-corrected chi connectivity index (χ0v) is 12.3. The van der Waals surface area contributed by atoms with Crippen LogP contribution >= 0.6 is 11.6 Å². The van der Waals surface area contributed by atoms with E-state index in [-0.39, 0.29) is 11.9 Å². The predicted octanol–water partition coefficient (Wildman–Crippen LogP) is 0.571. The third-order valence-electron chi connectivity index (χ3n) is 4.46. The first-order valence-electron chi connectivity index (χ1n) is 6.97. The van der Waals surface area contributed by atoms with Crippen LogP contribution < -0.4 is 16.0 Å². The van der Waals surface area contributed by atoms with E-state index in [1.165, 1.54) is 0 Å². The van der Waals surface area contributed by atoms with Gasteiger partial charge in [0.15, 0.2) is 5.82 Å².